The lowest BCUT2D eigenvalue weighted by molar-refractivity contribution is 0.601. The van der Waals surface area contributed by atoms with E-state index >= 15 is 0 Å². The van der Waals surface area contributed by atoms with Crippen LogP contribution in [0, 0.1) is 6.92 Å². The molecular formula is C21H16N4O3S2. The highest BCUT2D eigenvalue weighted by Gasteiger charge is 2.19. The lowest BCUT2D eigenvalue weighted by atomic mass is 10.1. The Morgan fingerprint density at radius 1 is 1.07 bits per heavy atom. The molecule has 7 nitrogen and oxygen atoms in total. The number of sulfonamides is 1. The number of aromatic amines is 1. The van der Waals surface area contributed by atoms with E-state index in [2.05, 4.69) is 14.9 Å². The second-order valence-corrected chi connectivity index (χ2v) is 9.55. The maximum atomic E-state index is 12.9. The Labute approximate surface area is 175 Å². The van der Waals surface area contributed by atoms with Crippen molar-refractivity contribution in [2.75, 3.05) is 4.72 Å². The third-order valence-corrected chi connectivity index (χ3v) is 7.17. The molecule has 2 aromatic carbocycles. The first-order valence-electron chi connectivity index (χ1n) is 9.10. The van der Waals surface area contributed by atoms with Gasteiger partial charge in [-0.25, -0.2) is 22.7 Å². The van der Waals surface area contributed by atoms with Crippen molar-refractivity contribution in [1.29, 1.82) is 0 Å². The third-order valence-electron chi connectivity index (χ3n) is 4.87. The summed E-state index contributed by atoms with van der Waals surface area (Å²) < 4.78 is 29.7. The van der Waals surface area contributed by atoms with Gasteiger partial charge in [0, 0.05) is 10.3 Å². The molecule has 0 unspecified atom stereocenters. The van der Waals surface area contributed by atoms with Gasteiger partial charge in [-0.3, -0.25) is 4.72 Å². The summed E-state index contributed by atoms with van der Waals surface area (Å²) in [4.78, 5) is 13.7. The van der Waals surface area contributed by atoms with E-state index in [-0.39, 0.29) is 16.2 Å². The second-order valence-electron chi connectivity index (χ2n) is 6.92. The summed E-state index contributed by atoms with van der Waals surface area (Å²) in [7, 11) is -3.84. The molecule has 9 heteroatoms. The molecule has 5 aromatic rings. The number of nitrogens with zero attached hydrogens (tertiary/aromatic N) is 2. The van der Waals surface area contributed by atoms with Crippen molar-refractivity contribution in [2.24, 2.45) is 0 Å². The molecule has 3 aromatic heterocycles. The van der Waals surface area contributed by atoms with Gasteiger partial charge < -0.3 is 0 Å². The largest absolute Gasteiger partial charge is 0.348 e. The molecule has 0 spiro atoms. The van der Waals surface area contributed by atoms with E-state index in [1.807, 2.05) is 42.6 Å². The van der Waals surface area contributed by atoms with Gasteiger partial charge >= 0.3 is 5.69 Å². The summed E-state index contributed by atoms with van der Waals surface area (Å²) in [6, 6.07) is 17.9. The quantitative estimate of drug-likeness (QED) is 0.445. The average molecular weight is 437 g/mol. The van der Waals surface area contributed by atoms with Crippen LogP contribution in [0.1, 0.15) is 5.56 Å². The second kappa shape index (κ2) is 6.82. The predicted molar refractivity (Wildman–Crippen MR) is 119 cm³/mol. The van der Waals surface area contributed by atoms with Crippen LogP contribution in [-0.2, 0) is 10.0 Å². The zero-order chi connectivity index (χ0) is 20.9. The smallest absolute Gasteiger partial charge is 0.276 e. The van der Waals surface area contributed by atoms with Crippen LogP contribution in [0.25, 0.3) is 27.0 Å². The van der Waals surface area contributed by atoms with Crippen LogP contribution in [0.5, 0.6) is 0 Å². The highest BCUT2D eigenvalue weighted by atomic mass is 32.2. The van der Waals surface area contributed by atoms with Crippen molar-refractivity contribution < 1.29 is 8.42 Å². The lowest BCUT2D eigenvalue weighted by Gasteiger charge is -2.11. The molecular weight excluding hydrogens is 420 g/mol. The SMILES string of the molecule is Cc1ccc(S(=O)(=O)Nc2cc3ccc(-c4cccs4)cc3n3c(=O)[nH]nc23)cc1. The fraction of sp³-hybridized carbons (Fsp3) is 0.0476. The highest BCUT2D eigenvalue weighted by molar-refractivity contribution is 7.92. The number of aryl methyl sites for hydroxylation is 1. The Hall–Kier alpha value is -3.43. The number of anilines is 1. The van der Waals surface area contributed by atoms with E-state index in [0.717, 1.165) is 16.0 Å². The Morgan fingerprint density at radius 2 is 1.87 bits per heavy atom. The van der Waals surface area contributed by atoms with Crippen LogP contribution >= 0.6 is 11.3 Å². The summed E-state index contributed by atoms with van der Waals surface area (Å²) >= 11 is 1.60. The molecule has 30 heavy (non-hydrogen) atoms. The van der Waals surface area contributed by atoms with Gasteiger partial charge in [-0.1, -0.05) is 35.9 Å². The Morgan fingerprint density at radius 3 is 2.60 bits per heavy atom. The molecule has 150 valence electrons. The number of rotatable bonds is 4. The van der Waals surface area contributed by atoms with Crippen molar-refractivity contribution in [1.82, 2.24) is 14.6 Å². The van der Waals surface area contributed by atoms with E-state index in [0.29, 0.717) is 10.9 Å². The van der Waals surface area contributed by atoms with Gasteiger partial charge in [0.25, 0.3) is 10.0 Å². The van der Waals surface area contributed by atoms with Gasteiger partial charge in [-0.05, 0) is 48.2 Å². The van der Waals surface area contributed by atoms with Crippen LogP contribution in [0.3, 0.4) is 0 Å². The summed E-state index contributed by atoms with van der Waals surface area (Å²) in [5.41, 5.74) is 2.58. The number of benzene rings is 2. The van der Waals surface area contributed by atoms with Gasteiger partial charge in [0.1, 0.15) is 0 Å². The molecule has 0 radical (unpaired) electrons. The molecule has 0 bridgehead atoms. The van der Waals surface area contributed by atoms with Gasteiger partial charge in [-0.15, -0.1) is 11.3 Å². The molecule has 0 aliphatic carbocycles. The minimum Gasteiger partial charge on any atom is -0.276 e. The molecule has 0 saturated carbocycles. The standard InChI is InChI=1S/C21H16N4O3S2/c1-13-4-8-16(9-5-13)30(27,28)24-17-11-14-6-7-15(19-3-2-10-29-19)12-18(14)25-20(17)22-23-21(25)26/h2-12,24H,1H3,(H,23,26). The van der Waals surface area contributed by atoms with E-state index in [1.165, 1.54) is 4.40 Å². The Bertz CT molecular complexity index is 1550. The van der Waals surface area contributed by atoms with Crippen LogP contribution in [0.15, 0.2) is 75.7 Å². The van der Waals surface area contributed by atoms with Gasteiger partial charge in [0.15, 0.2) is 5.65 Å². The zero-order valence-electron chi connectivity index (χ0n) is 15.8. The molecule has 0 amide bonds. The molecule has 5 rings (SSSR count). The first kappa shape index (κ1) is 18.6. The molecule has 0 fully saturated rings. The Balaban J connectivity index is 1.68. The first-order chi connectivity index (χ1) is 14.4. The number of nitrogens with one attached hydrogen (secondary N) is 2. The van der Waals surface area contributed by atoms with E-state index < -0.39 is 15.7 Å². The third kappa shape index (κ3) is 3.08. The number of aromatic nitrogens is 3. The van der Waals surface area contributed by atoms with Crippen LogP contribution in [-0.4, -0.2) is 23.0 Å². The number of hydrogen-bond acceptors (Lipinski definition) is 5. The topological polar surface area (TPSA) is 96.3 Å². The number of hydrogen-bond donors (Lipinski definition) is 2. The predicted octanol–water partition coefficient (Wildman–Crippen LogP) is 4.01. The number of H-pyrrole nitrogens is 1. The molecule has 2 N–H and O–H groups in total. The Kier molecular flexibility index (Phi) is 4.23. The summed E-state index contributed by atoms with van der Waals surface area (Å²) in [6.07, 6.45) is 0. The maximum absolute atomic E-state index is 12.9. The lowest BCUT2D eigenvalue weighted by Crippen LogP contribution is -2.15. The van der Waals surface area contributed by atoms with Crippen LogP contribution in [0.4, 0.5) is 5.69 Å². The van der Waals surface area contributed by atoms with Crippen molar-refractivity contribution >= 4 is 43.6 Å². The van der Waals surface area contributed by atoms with Crippen molar-refractivity contribution in [3.05, 3.63) is 82.1 Å². The van der Waals surface area contributed by atoms with E-state index in [4.69, 9.17) is 0 Å². The first-order valence-corrected chi connectivity index (χ1v) is 11.5. The molecule has 0 atom stereocenters. The van der Waals surface area contributed by atoms with E-state index in [9.17, 15) is 13.2 Å². The average Bonchev–Trinajstić information content (AvgIpc) is 3.39. The van der Waals surface area contributed by atoms with Crippen LogP contribution < -0.4 is 10.4 Å². The molecule has 0 saturated heterocycles. The molecule has 0 aliphatic rings. The fourth-order valence-corrected chi connectivity index (χ4v) is 5.15. The van der Waals surface area contributed by atoms with Gasteiger partial charge in [0.05, 0.1) is 16.1 Å². The minimum atomic E-state index is -3.84. The normalized spacial score (nSPS) is 11.9. The summed E-state index contributed by atoms with van der Waals surface area (Å²) in [6.45, 7) is 1.89. The maximum Gasteiger partial charge on any atom is 0.348 e. The molecule has 0 aliphatic heterocycles. The highest BCUT2D eigenvalue weighted by Crippen LogP contribution is 2.30. The fourth-order valence-electron chi connectivity index (χ4n) is 3.37. The number of pyridine rings is 1. The van der Waals surface area contributed by atoms with Gasteiger partial charge in [-0.2, -0.15) is 5.10 Å². The summed E-state index contributed by atoms with van der Waals surface area (Å²) in [5, 5.41) is 9.18. The number of thiophene rings is 1. The zero-order valence-corrected chi connectivity index (χ0v) is 17.4. The summed E-state index contributed by atoms with van der Waals surface area (Å²) in [5.74, 6) is 0. The minimum absolute atomic E-state index is 0.136. The monoisotopic (exact) mass is 436 g/mol. The number of fused-ring (bicyclic) bond motifs is 3. The van der Waals surface area contributed by atoms with Crippen LogP contribution in [0.2, 0.25) is 0 Å². The van der Waals surface area contributed by atoms with Crippen molar-refractivity contribution in [3.63, 3.8) is 0 Å². The van der Waals surface area contributed by atoms with Gasteiger partial charge in [0.2, 0.25) is 0 Å². The molecule has 3 heterocycles. The van der Waals surface area contributed by atoms with E-state index in [1.54, 1.807) is 41.7 Å². The van der Waals surface area contributed by atoms with Crippen molar-refractivity contribution in [2.45, 2.75) is 11.8 Å². The van der Waals surface area contributed by atoms with Crippen molar-refractivity contribution in [3.8, 4) is 10.4 Å².